The average Bonchev–Trinajstić information content (AvgIpc) is 2.54. The number of halogens is 2. The highest BCUT2D eigenvalue weighted by molar-refractivity contribution is 9.10. The third kappa shape index (κ3) is 4.00. The molecule has 6 heteroatoms. The molecule has 0 unspecified atom stereocenters. The number of ketones is 1. The molecule has 0 aliphatic rings. The van der Waals surface area contributed by atoms with Crippen molar-refractivity contribution < 1.29 is 18.7 Å². The molecule has 0 aliphatic heterocycles. The number of anilines is 1. The molecule has 0 aliphatic carbocycles. The summed E-state index contributed by atoms with van der Waals surface area (Å²) in [5.74, 6) is -0.392. The van der Waals surface area contributed by atoms with Crippen LogP contribution in [-0.4, -0.2) is 25.8 Å². The topological polar surface area (TPSA) is 46.6 Å². The summed E-state index contributed by atoms with van der Waals surface area (Å²) in [5.41, 5.74) is 1.26. The number of nitrogens with zero attached hydrogens (tertiary/aromatic N) is 1. The highest BCUT2D eigenvalue weighted by atomic mass is 79.9. The van der Waals surface area contributed by atoms with Crippen LogP contribution in [0.25, 0.3) is 0 Å². The molecule has 0 spiro atoms. The third-order valence-corrected chi connectivity index (χ3v) is 4.17. The van der Waals surface area contributed by atoms with Gasteiger partial charge in [0.2, 0.25) is 5.91 Å². The summed E-state index contributed by atoms with van der Waals surface area (Å²) in [4.78, 5) is 25.3. The fraction of sp³-hybridized carbons (Fsp3) is 0.222. The zero-order chi connectivity index (χ0) is 17.9. The Hall–Kier alpha value is -2.21. The van der Waals surface area contributed by atoms with Crippen molar-refractivity contribution in [1.29, 1.82) is 0 Å². The zero-order valence-electron chi connectivity index (χ0n) is 13.6. The lowest BCUT2D eigenvalue weighted by Crippen LogP contribution is -2.28. The van der Waals surface area contributed by atoms with Crippen molar-refractivity contribution in [2.75, 3.05) is 19.1 Å². The number of amides is 1. The van der Waals surface area contributed by atoms with Crippen LogP contribution in [0.3, 0.4) is 0 Å². The Bertz CT molecular complexity index is 792. The monoisotopic (exact) mass is 393 g/mol. The fourth-order valence-corrected chi connectivity index (χ4v) is 2.64. The van der Waals surface area contributed by atoms with Crippen molar-refractivity contribution in [1.82, 2.24) is 0 Å². The predicted molar refractivity (Wildman–Crippen MR) is 94.2 cm³/mol. The second-order valence-electron chi connectivity index (χ2n) is 5.31. The Kier molecular flexibility index (Phi) is 5.72. The van der Waals surface area contributed by atoms with Gasteiger partial charge < -0.3 is 9.64 Å². The number of Topliss-reactive ketones (excluding diaryl/α,β-unsaturated/α-hetero) is 1. The minimum atomic E-state index is -0.496. The molecule has 0 saturated heterocycles. The van der Waals surface area contributed by atoms with E-state index in [0.29, 0.717) is 21.3 Å². The number of likely N-dealkylation sites (N-methyl/N-ethyl adjacent to an activating group) is 1. The molecule has 2 aromatic carbocycles. The Labute approximate surface area is 148 Å². The molecule has 2 aromatic rings. The van der Waals surface area contributed by atoms with Gasteiger partial charge in [-0.15, -0.1) is 0 Å². The van der Waals surface area contributed by atoms with Crippen molar-refractivity contribution in [2.24, 2.45) is 0 Å². The molecule has 0 N–H and O–H groups in total. The molecule has 24 heavy (non-hydrogen) atoms. The van der Waals surface area contributed by atoms with Gasteiger partial charge in [0, 0.05) is 22.6 Å². The van der Waals surface area contributed by atoms with Crippen LogP contribution < -0.4 is 9.64 Å². The Morgan fingerprint density at radius 3 is 2.50 bits per heavy atom. The van der Waals surface area contributed by atoms with E-state index in [9.17, 15) is 14.0 Å². The lowest BCUT2D eigenvalue weighted by atomic mass is 10.0. The number of hydrogen-bond donors (Lipinski definition) is 0. The predicted octanol–water partition coefficient (Wildman–Crippen LogP) is 4.00. The first-order chi connectivity index (χ1) is 11.3. The van der Waals surface area contributed by atoms with Gasteiger partial charge in [0.1, 0.15) is 11.6 Å². The van der Waals surface area contributed by atoms with Crippen LogP contribution in [0.1, 0.15) is 22.8 Å². The molecule has 4 nitrogen and oxygen atoms in total. The van der Waals surface area contributed by atoms with E-state index in [-0.39, 0.29) is 23.8 Å². The summed E-state index contributed by atoms with van der Waals surface area (Å²) in [5, 5.41) is 0. The van der Waals surface area contributed by atoms with Crippen molar-refractivity contribution in [2.45, 2.75) is 13.3 Å². The van der Waals surface area contributed by atoms with Crippen molar-refractivity contribution in [3.05, 3.63) is 57.8 Å². The Morgan fingerprint density at radius 1 is 1.21 bits per heavy atom. The molecule has 1 amide bonds. The zero-order valence-corrected chi connectivity index (χ0v) is 15.2. The van der Waals surface area contributed by atoms with E-state index in [0.717, 1.165) is 0 Å². The molecular formula is C18H17BrFNO3. The third-order valence-electron chi connectivity index (χ3n) is 3.67. The van der Waals surface area contributed by atoms with E-state index in [4.69, 9.17) is 4.74 Å². The van der Waals surface area contributed by atoms with Crippen LogP contribution >= 0.6 is 15.9 Å². The van der Waals surface area contributed by atoms with Gasteiger partial charge >= 0.3 is 0 Å². The van der Waals surface area contributed by atoms with Gasteiger partial charge in [0.05, 0.1) is 19.2 Å². The largest absolute Gasteiger partial charge is 0.496 e. The maximum absolute atomic E-state index is 14.0. The number of ether oxygens (including phenoxy) is 1. The van der Waals surface area contributed by atoms with E-state index in [1.807, 2.05) is 0 Å². The second kappa shape index (κ2) is 7.57. The highest BCUT2D eigenvalue weighted by Gasteiger charge is 2.18. The minimum Gasteiger partial charge on any atom is -0.496 e. The molecule has 0 bridgehead atoms. The van der Waals surface area contributed by atoms with Crippen molar-refractivity contribution >= 4 is 33.3 Å². The molecule has 0 radical (unpaired) electrons. The normalized spacial score (nSPS) is 10.4. The molecule has 0 atom stereocenters. The number of carbonyl (C=O) groups is 2. The van der Waals surface area contributed by atoms with Crippen LogP contribution in [0.2, 0.25) is 0 Å². The Balaban J connectivity index is 2.28. The lowest BCUT2D eigenvalue weighted by Gasteiger charge is -2.19. The van der Waals surface area contributed by atoms with Crippen molar-refractivity contribution in [3.63, 3.8) is 0 Å². The standard InChI is InChI=1S/C18H17BrFNO3/c1-11(22)12-4-7-17(24-3)13(8-12)9-18(23)21(2)16-6-5-14(19)10-15(16)20/h4-8,10H,9H2,1-3H3. The molecular weight excluding hydrogens is 377 g/mol. The summed E-state index contributed by atoms with van der Waals surface area (Å²) in [7, 11) is 3.00. The van der Waals surface area contributed by atoms with Crippen LogP contribution in [0, 0.1) is 5.82 Å². The van der Waals surface area contributed by atoms with E-state index in [2.05, 4.69) is 15.9 Å². The smallest absolute Gasteiger partial charge is 0.231 e. The first-order valence-corrected chi connectivity index (χ1v) is 8.02. The SMILES string of the molecule is COc1ccc(C(C)=O)cc1CC(=O)N(C)c1ccc(Br)cc1F. The van der Waals surface area contributed by atoms with Gasteiger partial charge in [-0.1, -0.05) is 15.9 Å². The van der Waals surface area contributed by atoms with Crippen LogP contribution in [0.4, 0.5) is 10.1 Å². The summed E-state index contributed by atoms with van der Waals surface area (Å²) < 4.78 is 19.9. The summed E-state index contributed by atoms with van der Waals surface area (Å²) in [6.07, 6.45) is -0.00367. The van der Waals surface area contributed by atoms with Gasteiger partial charge in [0.25, 0.3) is 0 Å². The first-order valence-electron chi connectivity index (χ1n) is 7.23. The molecule has 0 fully saturated rings. The average molecular weight is 394 g/mol. The summed E-state index contributed by atoms with van der Waals surface area (Å²) in [6.45, 7) is 1.46. The summed E-state index contributed by atoms with van der Waals surface area (Å²) >= 11 is 3.18. The lowest BCUT2D eigenvalue weighted by molar-refractivity contribution is -0.117. The van der Waals surface area contributed by atoms with Crippen LogP contribution in [0.15, 0.2) is 40.9 Å². The molecule has 0 heterocycles. The van der Waals surface area contributed by atoms with Crippen molar-refractivity contribution in [3.8, 4) is 5.75 Å². The summed E-state index contributed by atoms with van der Waals surface area (Å²) in [6, 6.07) is 9.42. The number of benzene rings is 2. The number of methoxy groups -OCH3 is 1. The van der Waals surface area contributed by atoms with E-state index in [1.165, 1.54) is 38.1 Å². The molecule has 0 saturated carbocycles. The minimum absolute atomic E-state index is 0.00367. The number of rotatable bonds is 5. The van der Waals surface area contributed by atoms with Crippen LogP contribution in [-0.2, 0) is 11.2 Å². The van der Waals surface area contributed by atoms with Crippen LogP contribution in [0.5, 0.6) is 5.75 Å². The van der Waals surface area contributed by atoms with E-state index < -0.39 is 5.82 Å². The maximum atomic E-state index is 14.0. The quantitative estimate of drug-likeness (QED) is 0.721. The Morgan fingerprint density at radius 2 is 1.92 bits per heavy atom. The van der Waals surface area contributed by atoms with Gasteiger partial charge in [0.15, 0.2) is 5.78 Å². The van der Waals surface area contributed by atoms with E-state index >= 15 is 0 Å². The van der Waals surface area contributed by atoms with Gasteiger partial charge in [-0.25, -0.2) is 4.39 Å². The molecule has 0 aromatic heterocycles. The van der Waals surface area contributed by atoms with Gasteiger partial charge in [-0.3, -0.25) is 9.59 Å². The molecule has 2 rings (SSSR count). The number of hydrogen-bond acceptors (Lipinski definition) is 3. The molecule has 126 valence electrons. The number of carbonyl (C=O) groups excluding carboxylic acids is 2. The van der Waals surface area contributed by atoms with Gasteiger partial charge in [-0.05, 0) is 43.3 Å². The van der Waals surface area contributed by atoms with Gasteiger partial charge in [-0.2, -0.15) is 0 Å². The second-order valence-corrected chi connectivity index (χ2v) is 6.22. The first kappa shape index (κ1) is 18.1. The highest BCUT2D eigenvalue weighted by Crippen LogP contribution is 2.25. The maximum Gasteiger partial charge on any atom is 0.231 e. The fourth-order valence-electron chi connectivity index (χ4n) is 2.30. The van der Waals surface area contributed by atoms with E-state index in [1.54, 1.807) is 24.3 Å².